The SMILES string of the molecule is C1CCOC1.O=C1CCC(C(=O)N2CCCC(COc3ccc(C(F)(F)F)cc3)C2)CC1.OC1CCC(CN2CCCC(COc3ccc(C(F)(F)F)cc3)C2)CC1.[AlH3].[H-].[Li+]. The summed E-state index contributed by atoms with van der Waals surface area (Å²) in [6.45, 7) is 7.42. The van der Waals surface area contributed by atoms with E-state index in [1.54, 1.807) is 0 Å². The van der Waals surface area contributed by atoms with Crippen LogP contribution >= 0.6 is 0 Å². The minimum Gasteiger partial charge on any atom is -1.00 e. The van der Waals surface area contributed by atoms with Crippen LogP contribution in [0, 0.1) is 23.7 Å². The van der Waals surface area contributed by atoms with Crippen molar-refractivity contribution in [2.24, 2.45) is 23.7 Å². The largest absolute Gasteiger partial charge is 1.00 e. The molecular weight excluding hydrogens is 800 g/mol. The number of ketones is 1. The van der Waals surface area contributed by atoms with Gasteiger partial charge in [0.05, 0.1) is 30.4 Å². The number of piperidine rings is 2. The number of halogens is 6. The first kappa shape index (κ1) is 52.1. The van der Waals surface area contributed by atoms with E-state index in [-0.39, 0.29) is 67.3 Å². The summed E-state index contributed by atoms with van der Waals surface area (Å²) in [5.74, 6) is 2.46. The van der Waals surface area contributed by atoms with E-state index in [0.29, 0.717) is 68.8 Å². The number of benzene rings is 2. The number of carbonyl (C=O) groups excluding carboxylic acids is 2. The van der Waals surface area contributed by atoms with E-state index in [1.165, 1.54) is 37.1 Å². The molecule has 0 radical (unpaired) electrons. The average molecular weight is 865 g/mol. The molecule has 5 fully saturated rings. The fraction of sp³-hybridized carbons (Fsp3) is 0.682. The standard InChI is InChI=1S/C20H24F3NO3.C20H28F3NO2.C4H8O.Al.Li.4H/c21-20(22,23)16-5-9-18(10-6-16)27-13-14-2-1-11-24(12-14)19(26)15-3-7-17(25)8-4-15;21-20(22,23)17-5-9-19(10-6-17)26-14-16-2-1-11-24(13-16)12-15-3-7-18(25)8-4-15;1-2-4-5-3-1;;;;;;/h5-6,9-10,14-15H,1-4,7-8,11-13H2;5-6,9-10,15-16,18,25H,1-4,7-8,11-14H2;1-4H2;;;;;;/q;;;;+1;;;;-1. The van der Waals surface area contributed by atoms with E-state index in [4.69, 9.17) is 14.2 Å². The molecule has 3 saturated heterocycles. The summed E-state index contributed by atoms with van der Waals surface area (Å²) in [6, 6.07) is 9.61. The Hall–Kier alpha value is -2.23. The number of Topliss-reactive ketones (excluding diaryl/α,β-unsaturated/α-hetero) is 1. The Kier molecular flexibility index (Phi) is 22.4. The number of amides is 1. The molecule has 3 heterocycles. The van der Waals surface area contributed by atoms with Gasteiger partial charge in [-0.1, -0.05) is 0 Å². The Morgan fingerprint density at radius 1 is 0.683 bits per heavy atom. The van der Waals surface area contributed by atoms with E-state index >= 15 is 0 Å². The Morgan fingerprint density at radius 3 is 1.63 bits per heavy atom. The summed E-state index contributed by atoms with van der Waals surface area (Å²) in [4.78, 5) is 28.4. The van der Waals surface area contributed by atoms with Gasteiger partial charge < -0.3 is 30.5 Å². The van der Waals surface area contributed by atoms with Crippen LogP contribution in [0.25, 0.3) is 0 Å². The number of rotatable bonds is 9. The fourth-order valence-electron chi connectivity index (χ4n) is 8.41. The molecule has 3 aliphatic heterocycles. The molecule has 2 aromatic carbocycles. The van der Waals surface area contributed by atoms with Crippen molar-refractivity contribution in [2.75, 3.05) is 59.2 Å². The Labute approximate surface area is 375 Å². The number of aliphatic hydroxyl groups is 1. The van der Waals surface area contributed by atoms with E-state index < -0.39 is 23.5 Å². The molecule has 1 N–H and O–H groups in total. The van der Waals surface area contributed by atoms with E-state index in [2.05, 4.69) is 4.90 Å². The molecule has 0 bridgehead atoms. The second kappa shape index (κ2) is 25.8. The Morgan fingerprint density at radius 2 is 1.17 bits per heavy atom. The smallest absolute Gasteiger partial charge is 1.00 e. The summed E-state index contributed by atoms with van der Waals surface area (Å²) in [5.41, 5.74) is -1.35. The molecule has 332 valence electrons. The molecule has 60 heavy (non-hydrogen) atoms. The van der Waals surface area contributed by atoms with Gasteiger partial charge in [0.2, 0.25) is 5.91 Å². The van der Waals surface area contributed by atoms with Crippen LogP contribution in [0.5, 0.6) is 11.5 Å². The number of nitrogens with zero attached hydrogens (tertiary/aromatic N) is 2. The first-order valence-corrected chi connectivity index (χ1v) is 21.1. The first-order valence-electron chi connectivity index (χ1n) is 21.1. The maximum Gasteiger partial charge on any atom is 1.00 e. The molecule has 2 aliphatic carbocycles. The molecule has 2 unspecified atom stereocenters. The third-order valence-corrected chi connectivity index (χ3v) is 11.8. The van der Waals surface area contributed by atoms with Crippen molar-refractivity contribution in [1.29, 1.82) is 0 Å². The van der Waals surface area contributed by atoms with Crippen molar-refractivity contribution < 1.29 is 75.5 Å². The molecular formula is C44H64AlF6LiN2O6. The number of hydrogen-bond donors (Lipinski definition) is 1. The molecule has 1 amide bonds. The third kappa shape index (κ3) is 17.9. The van der Waals surface area contributed by atoms with Crippen molar-refractivity contribution >= 4 is 29.1 Å². The molecule has 2 saturated carbocycles. The quantitative estimate of drug-likeness (QED) is 0.276. The number of ether oxygens (including phenoxy) is 3. The molecule has 16 heteroatoms. The monoisotopic (exact) mass is 864 g/mol. The van der Waals surface area contributed by atoms with Crippen LogP contribution in [0.4, 0.5) is 26.3 Å². The van der Waals surface area contributed by atoms with Crippen LogP contribution in [-0.2, 0) is 26.7 Å². The van der Waals surface area contributed by atoms with Crippen LogP contribution in [-0.4, -0.2) is 109 Å². The molecule has 5 aliphatic rings. The number of likely N-dealkylation sites (tertiary alicyclic amines) is 2. The first-order chi connectivity index (χ1) is 27.7. The van der Waals surface area contributed by atoms with E-state index in [1.807, 2.05) is 4.90 Å². The summed E-state index contributed by atoms with van der Waals surface area (Å²) in [5, 5.41) is 9.62. The van der Waals surface area contributed by atoms with Crippen molar-refractivity contribution in [2.45, 2.75) is 108 Å². The molecule has 7 rings (SSSR count). The number of aliphatic hydroxyl groups excluding tert-OH is 1. The van der Waals surface area contributed by atoms with Crippen LogP contribution < -0.4 is 28.3 Å². The predicted molar refractivity (Wildman–Crippen MR) is 218 cm³/mol. The molecule has 8 nitrogen and oxygen atoms in total. The number of hydrogen-bond acceptors (Lipinski definition) is 7. The van der Waals surface area contributed by atoms with Crippen molar-refractivity contribution in [3.8, 4) is 11.5 Å². The molecule has 0 spiro atoms. The zero-order valence-electron chi connectivity index (χ0n) is 35.4. The van der Waals surface area contributed by atoms with Gasteiger partial charge in [-0.25, -0.2) is 0 Å². The fourth-order valence-corrected chi connectivity index (χ4v) is 8.41. The normalized spacial score (nSPS) is 24.1. The van der Waals surface area contributed by atoms with Gasteiger partial charge in [0.25, 0.3) is 0 Å². The minimum absolute atomic E-state index is 0. The predicted octanol–water partition coefficient (Wildman–Crippen LogP) is 5.16. The summed E-state index contributed by atoms with van der Waals surface area (Å²) in [6.07, 6.45) is 4.12. The summed E-state index contributed by atoms with van der Waals surface area (Å²) >= 11 is 0. The van der Waals surface area contributed by atoms with Gasteiger partial charge in [-0.3, -0.25) is 9.59 Å². The second-order valence-electron chi connectivity index (χ2n) is 16.5. The van der Waals surface area contributed by atoms with Crippen LogP contribution in [0.3, 0.4) is 0 Å². The van der Waals surface area contributed by atoms with Crippen LogP contribution in [0.15, 0.2) is 48.5 Å². The zero-order valence-corrected chi connectivity index (χ0v) is 34.4. The van der Waals surface area contributed by atoms with Crippen LogP contribution in [0.2, 0.25) is 0 Å². The number of alkyl halides is 6. The van der Waals surface area contributed by atoms with E-state index in [9.17, 15) is 41.0 Å². The molecule has 2 atom stereocenters. The molecule has 2 aromatic rings. The Bertz CT molecular complexity index is 1530. The maximum atomic E-state index is 12.7. The number of carbonyl (C=O) groups is 2. The second-order valence-corrected chi connectivity index (χ2v) is 16.5. The summed E-state index contributed by atoms with van der Waals surface area (Å²) in [7, 11) is 0. The van der Waals surface area contributed by atoms with Crippen molar-refractivity contribution in [3.05, 3.63) is 59.7 Å². The topological polar surface area (TPSA) is 88.5 Å². The van der Waals surface area contributed by atoms with E-state index in [0.717, 1.165) is 115 Å². The van der Waals surface area contributed by atoms with Gasteiger partial charge in [0.15, 0.2) is 17.4 Å². The van der Waals surface area contributed by atoms with Gasteiger partial charge in [-0.05, 0) is 138 Å². The maximum absolute atomic E-state index is 12.7. The van der Waals surface area contributed by atoms with Gasteiger partial charge in [-0.15, -0.1) is 0 Å². The zero-order chi connectivity index (χ0) is 41.5. The summed E-state index contributed by atoms with van der Waals surface area (Å²) < 4.78 is 91.9. The van der Waals surface area contributed by atoms with Gasteiger partial charge in [-0.2, -0.15) is 26.3 Å². The van der Waals surface area contributed by atoms with Crippen molar-refractivity contribution in [3.63, 3.8) is 0 Å². The van der Waals surface area contributed by atoms with Gasteiger partial charge in [0.1, 0.15) is 17.3 Å². The average Bonchev–Trinajstić information content (AvgIpc) is 3.81. The Balaban J connectivity index is 0.000000360. The van der Waals surface area contributed by atoms with Gasteiger partial charge in [0, 0.05) is 70.0 Å². The molecule has 0 aromatic heterocycles. The minimum atomic E-state index is -4.35. The van der Waals surface area contributed by atoms with Crippen molar-refractivity contribution in [1.82, 2.24) is 9.80 Å². The third-order valence-electron chi connectivity index (χ3n) is 11.8. The van der Waals surface area contributed by atoms with Crippen LogP contribution in [0.1, 0.15) is 102 Å². The van der Waals surface area contributed by atoms with Gasteiger partial charge >= 0.3 is 31.2 Å².